The molecule has 0 saturated heterocycles. The van der Waals surface area contributed by atoms with Gasteiger partial charge in [-0.1, -0.05) is 44.2 Å². The first-order valence-corrected chi connectivity index (χ1v) is 10.1. The summed E-state index contributed by atoms with van der Waals surface area (Å²) < 4.78 is 4.82. The number of nitrogens with zero attached hydrogens (tertiary/aromatic N) is 1. The van der Waals surface area contributed by atoms with Crippen LogP contribution in [-0.2, 0) is 20.7 Å². The Morgan fingerprint density at radius 3 is 2.16 bits per heavy atom. The highest BCUT2D eigenvalue weighted by atomic mass is 16.5. The lowest BCUT2D eigenvalue weighted by molar-refractivity contribution is -0.150. The molecule has 2 aromatic rings. The lowest BCUT2D eigenvalue weighted by Gasteiger charge is -2.17. The van der Waals surface area contributed by atoms with E-state index in [1.807, 2.05) is 25.1 Å². The zero-order chi connectivity index (χ0) is 22.7. The molecule has 31 heavy (non-hydrogen) atoms. The molecule has 6 heteroatoms. The Morgan fingerprint density at radius 2 is 1.65 bits per heavy atom. The van der Waals surface area contributed by atoms with Gasteiger partial charge in [0.1, 0.15) is 11.7 Å². The van der Waals surface area contributed by atoms with E-state index in [1.54, 1.807) is 44.2 Å². The van der Waals surface area contributed by atoms with E-state index in [4.69, 9.17) is 4.74 Å². The number of benzene rings is 2. The molecule has 0 fully saturated rings. The van der Waals surface area contributed by atoms with E-state index >= 15 is 0 Å². The quantitative estimate of drug-likeness (QED) is 0.387. The molecule has 1 heterocycles. The van der Waals surface area contributed by atoms with Crippen LogP contribution >= 0.6 is 0 Å². The predicted molar refractivity (Wildman–Crippen MR) is 116 cm³/mol. The van der Waals surface area contributed by atoms with Gasteiger partial charge in [0, 0.05) is 12.1 Å². The Morgan fingerprint density at radius 1 is 1.03 bits per heavy atom. The molecule has 0 radical (unpaired) electrons. The second-order valence-corrected chi connectivity index (χ2v) is 7.86. The van der Waals surface area contributed by atoms with Crippen molar-refractivity contribution in [3.8, 4) is 0 Å². The molecule has 2 amide bonds. The predicted octanol–water partition coefficient (Wildman–Crippen LogP) is 3.82. The van der Waals surface area contributed by atoms with Gasteiger partial charge in [-0.3, -0.25) is 19.2 Å². The van der Waals surface area contributed by atoms with E-state index in [0.29, 0.717) is 11.1 Å². The van der Waals surface area contributed by atoms with Crippen LogP contribution in [0.25, 0.3) is 6.08 Å². The number of Topliss-reactive ketones (excluding diaryl/α,β-unsaturated/α-hetero) is 1. The number of ether oxygens (including phenoxy) is 1. The Labute approximate surface area is 181 Å². The van der Waals surface area contributed by atoms with Crippen molar-refractivity contribution in [2.45, 2.75) is 27.2 Å². The van der Waals surface area contributed by atoms with Crippen molar-refractivity contribution in [2.75, 3.05) is 7.11 Å². The van der Waals surface area contributed by atoms with Gasteiger partial charge in [0.2, 0.25) is 0 Å². The fourth-order valence-corrected chi connectivity index (χ4v) is 3.62. The van der Waals surface area contributed by atoms with Crippen LogP contribution < -0.4 is 0 Å². The van der Waals surface area contributed by atoms with E-state index in [9.17, 15) is 19.2 Å². The third-order valence-electron chi connectivity index (χ3n) is 5.43. The van der Waals surface area contributed by atoms with E-state index < -0.39 is 11.9 Å². The van der Waals surface area contributed by atoms with Gasteiger partial charge < -0.3 is 4.74 Å². The Balaban J connectivity index is 1.78. The zero-order valence-electron chi connectivity index (χ0n) is 18.0. The molecule has 3 rings (SSSR count). The number of amides is 2. The molecular formula is C25H25NO5. The average Bonchev–Trinajstić information content (AvgIpc) is 3.00. The average molecular weight is 419 g/mol. The maximum Gasteiger partial charge on any atom is 0.316 e. The lowest BCUT2D eigenvalue weighted by atomic mass is 9.88. The Bertz CT molecular complexity index is 1050. The maximum atomic E-state index is 12.5. The Hall–Kier alpha value is -3.54. The highest BCUT2D eigenvalue weighted by molar-refractivity contribution is 6.22. The summed E-state index contributed by atoms with van der Waals surface area (Å²) >= 11 is 0. The first-order chi connectivity index (χ1) is 14.7. The van der Waals surface area contributed by atoms with E-state index in [1.165, 1.54) is 13.3 Å². The van der Waals surface area contributed by atoms with Crippen molar-refractivity contribution in [1.29, 1.82) is 0 Å². The van der Waals surface area contributed by atoms with Crippen molar-refractivity contribution >= 4 is 29.6 Å². The zero-order valence-corrected chi connectivity index (χ0v) is 18.0. The molecular weight excluding hydrogens is 394 g/mol. The van der Waals surface area contributed by atoms with Gasteiger partial charge in [0.05, 0.1) is 18.2 Å². The molecule has 2 aromatic carbocycles. The minimum absolute atomic E-state index is 0.152. The van der Waals surface area contributed by atoms with E-state index in [-0.39, 0.29) is 29.9 Å². The standard InChI is InChI=1S/C25H25NO5/c1-15(2)22(27)21(25(30)31-4)14-18-10-9-17(13-16(18)3)11-12-26-23(28)19-7-5-6-8-20(19)24(26)29/h5-13,15,21H,14H2,1-4H3/b12-11+. The third kappa shape index (κ3) is 4.48. The number of imide groups is 1. The minimum Gasteiger partial charge on any atom is -0.468 e. The number of ketones is 1. The van der Waals surface area contributed by atoms with Crippen LogP contribution in [0.1, 0.15) is 51.3 Å². The molecule has 160 valence electrons. The third-order valence-corrected chi connectivity index (χ3v) is 5.43. The van der Waals surface area contributed by atoms with Crippen molar-refractivity contribution in [1.82, 2.24) is 4.90 Å². The molecule has 1 aliphatic heterocycles. The first-order valence-electron chi connectivity index (χ1n) is 10.1. The Kier molecular flexibility index (Phi) is 6.49. The normalized spacial score (nSPS) is 14.3. The molecule has 0 aromatic heterocycles. The number of hydrogen-bond acceptors (Lipinski definition) is 5. The van der Waals surface area contributed by atoms with Crippen LogP contribution in [0.4, 0.5) is 0 Å². The summed E-state index contributed by atoms with van der Waals surface area (Å²) in [5.41, 5.74) is 3.35. The van der Waals surface area contributed by atoms with E-state index in [0.717, 1.165) is 21.6 Å². The van der Waals surface area contributed by atoms with Crippen molar-refractivity contribution in [3.63, 3.8) is 0 Å². The summed E-state index contributed by atoms with van der Waals surface area (Å²) in [5, 5.41) is 0. The summed E-state index contributed by atoms with van der Waals surface area (Å²) in [6, 6.07) is 12.3. The van der Waals surface area contributed by atoms with Gasteiger partial charge in [0.25, 0.3) is 11.8 Å². The molecule has 1 atom stereocenters. The summed E-state index contributed by atoms with van der Waals surface area (Å²) in [4.78, 5) is 50.6. The first kappa shape index (κ1) is 22.2. The van der Waals surface area contributed by atoms with Crippen LogP contribution in [0.3, 0.4) is 0 Å². The number of fused-ring (bicyclic) bond motifs is 1. The lowest BCUT2D eigenvalue weighted by Crippen LogP contribution is -2.30. The number of methoxy groups -OCH3 is 1. The topological polar surface area (TPSA) is 80.8 Å². The molecule has 0 N–H and O–H groups in total. The molecule has 1 unspecified atom stereocenters. The highest BCUT2D eigenvalue weighted by Gasteiger charge is 2.33. The van der Waals surface area contributed by atoms with Gasteiger partial charge in [-0.15, -0.1) is 0 Å². The van der Waals surface area contributed by atoms with Crippen LogP contribution in [0, 0.1) is 18.8 Å². The minimum atomic E-state index is -0.844. The monoisotopic (exact) mass is 419 g/mol. The van der Waals surface area contributed by atoms with Gasteiger partial charge >= 0.3 is 5.97 Å². The van der Waals surface area contributed by atoms with Gasteiger partial charge in [-0.2, -0.15) is 0 Å². The molecule has 0 spiro atoms. The van der Waals surface area contributed by atoms with Crippen LogP contribution in [0.5, 0.6) is 0 Å². The van der Waals surface area contributed by atoms with Gasteiger partial charge in [-0.05, 0) is 48.2 Å². The number of esters is 1. The van der Waals surface area contributed by atoms with Crippen LogP contribution in [0.2, 0.25) is 0 Å². The SMILES string of the molecule is COC(=O)C(Cc1ccc(/C=C/N2C(=O)c3ccccc3C2=O)cc1C)C(=O)C(C)C. The fourth-order valence-electron chi connectivity index (χ4n) is 3.62. The highest BCUT2D eigenvalue weighted by Crippen LogP contribution is 2.24. The van der Waals surface area contributed by atoms with Crippen LogP contribution in [-0.4, -0.2) is 35.6 Å². The molecule has 6 nitrogen and oxygen atoms in total. The van der Waals surface area contributed by atoms with E-state index in [2.05, 4.69) is 0 Å². The molecule has 0 bridgehead atoms. The van der Waals surface area contributed by atoms with Gasteiger partial charge in [0.15, 0.2) is 0 Å². The van der Waals surface area contributed by atoms with Gasteiger partial charge in [-0.25, -0.2) is 4.90 Å². The number of aryl methyl sites for hydroxylation is 1. The maximum absolute atomic E-state index is 12.5. The summed E-state index contributed by atoms with van der Waals surface area (Å²) in [7, 11) is 1.28. The second kappa shape index (κ2) is 9.08. The second-order valence-electron chi connectivity index (χ2n) is 7.86. The summed E-state index contributed by atoms with van der Waals surface area (Å²) in [6.07, 6.45) is 3.42. The number of carbonyl (C=O) groups is 4. The molecule has 0 saturated carbocycles. The number of hydrogen-bond donors (Lipinski definition) is 0. The summed E-state index contributed by atoms with van der Waals surface area (Å²) in [5.74, 6) is -2.50. The largest absolute Gasteiger partial charge is 0.468 e. The smallest absolute Gasteiger partial charge is 0.316 e. The van der Waals surface area contributed by atoms with Crippen molar-refractivity contribution < 1.29 is 23.9 Å². The summed E-state index contributed by atoms with van der Waals surface area (Å²) in [6.45, 7) is 5.42. The van der Waals surface area contributed by atoms with Crippen molar-refractivity contribution in [3.05, 3.63) is 76.5 Å². The van der Waals surface area contributed by atoms with Crippen molar-refractivity contribution in [2.24, 2.45) is 11.8 Å². The fraction of sp³-hybridized carbons (Fsp3) is 0.280. The molecule has 1 aliphatic rings. The molecule has 0 aliphatic carbocycles. The van der Waals surface area contributed by atoms with Crippen LogP contribution in [0.15, 0.2) is 48.7 Å². The number of carbonyl (C=O) groups excluding carboxylic acids is 4. The number of rotatable bonds is 7.